The number of hydrogen-bond acceptors (Lipinski definition) is 6. The van der Waals surface area contributed by atoms with Gasteiger partial charge in [0.15, 0.2) is 5.78 Å². The molecule has 0 aromatic carbocycles. The van der Waals surface area contributed by atoms with Gasteiger partial charge in [0.05, 0.1) is 29.4 Å². The third-order valence-corrected chi connectivity index (χ3v) is 2.79. The number of rotatable bonds is 7. The average molecular weight is 291 g/mol. The van der Waals surface area contributed by atoms with Gasteiger partial charge in [-0.15, -0.1) is 0 Å². The number of esters is 1. The number of nitrogens with zero attached hydrogens (tertiary/aromatic N) is 2. The second kappa shape index (κ2) is 8.14. The minimum Gasteiger partial charge on any atom is -0.465 e. The highest BCUT2D eigenvalue weighted by molar-refractivity contribution is 6.07. The van der Waals surface area contributed by atoms with E-state index in [1.165, 1.54) is 6.08 Å². The van der Waals surface area contributed by atoms with E-state index in [-0.39, 0.29) is 12.1 Å². The maximum absolute atomic E-state index is 11.8. The fourth-order valence-electron chi connectivity index (χ4n) is 1.59. The standard InChI is InChI=1S/C15H21N3O3/c1-4-5-6-21-15(20)8-14(19)12(16)7-13-11(3)18-10(2)9-17-13/h7,9H,4-6,8,16H2,1-3H3/b12-7-. The van der Waals surface area contributed by atoms with Crippen LogP contribution < -0.4 is 5.73 Å². The molecule has 21 heavy (non-hydrogen) atoms. The van der Waals surface area contributed by atoms with Crippen LogP contribution in [0.4, 0.5) is 0 Å². The van der Waals surface area contributed by atoms with Crippen LogP contribution in [0.1, 0.15) is 43.3 Å². The van der Waals surface area contributed by atoms with E-state index in [9.17, 15) is 9.59 Å². The lowest BCUT2D eigenvalue weighted by Crippen LogP contribution is -2.18. The topological polar surface area (TPSA) is 95.2 Å². The van der Waals surface area contributed by atoms with Crippen LogP contribution in [-0.2, 0) is 14.3 Å². The van der Waals surface area contributed by atoms with Crippen LogP contribution in [0, 0.1) is 13.8 Å². The van der Waals surface area contributed by atoms with Gasteiger partial charge in [0.25, 0.3) is 0 Å². The zero-order chi connectivity index (χ0) is 15.8. The first-order valence-corrected chi connectivity index (χ1v) is 6.90. The Kier molecular flexibility index (Phi) is 6.52. The lowest BCUT2D eigenvalue weighted by Gasteiger charge is -2.04. The molecule has 0 saturated heterocycles. The average Bonchev–Trinajstić information content (AvgIpc) is 2.42. The molecular formula is C15H21N3O3. The second-order valence-corrected chi connectivity index (χ2v) is 4.76. The summed E-state index contributed by atoms with van der Waals surface area (Å²) in [6.07, 6.45) is 4.38. The van der Waals surface area contributed by atoms with Crippen molar-refractivity contribution in [2.45, 2.75) is 40.0 Å². The quantitative estimate of drug-likeness (QED) is 0.355. The minimum atomic E-state index is -0.559. The third kappa shape index (κ3) is 5.72. The van der Waals surface area contributed by atoms with Gasteiger partial charge in [0.1, 0.15) is 6.42 Å². The van der Waals surface area contributed by atoms with Gasteiger partial charge in [0, 0.05) is 6.20 Å². The number of carbonyl (C=O) groups is 2. The summed E-state index contributed by atoms with van der Waals surface area (Å²) in [5.41, 5.74) is 7.65. The zero-order valence-electron chi connectivity index (χ0n) is 12.7. The van der Waals surface area contributed by atoms with Gasteiger partial charge in [-0.3, -0.25) is 19.6 Å². The molecule has 0 spiro atoms. The molecule has 1 aromatic rings. The molecule has 0 aliphatic heterocycles. The van der Waals surface area contributed by atoms with Crippen molar-refractivity contribution in [3.8, 4) is 0 Å². The Balaban J connectivity index is 2.65. The van der Waals surface area contributed by atoms with Crippen molar-refractivity contribution in [1.82, 2.24) is 9.97 Å². The van der Waals surface area contributed by atoms with Gasteiger partial charge in [-0.2, -0.15) is 0 Å². The van der Waals surface area contributed by atoms with E-state index >= 15 is 0 Å². The number of hydrogen-bond donors (Lipinski definition) is 1. The van der Waals surface area contributed by atoms with Gasteiger partial charge in [-0.25, -0.2) is 0 Å². The highest BCUT2D eigenvalue weighted by atomic mass is 16.5. The molecule has 0 unspecified atom stereocenters. The fraction of sp³-hybridized carbons (Fsp3) is 0.467. The molecule has 6 heteroatoms. The summed E-state index contributed by atoms with van der Waals surface area (Å²) in [7, 11) is 0. The first kappa shape index (κ1) is 16.8. The first-order chi connectivity index (χ1) is 9.93. The summed E-state index contributed by atoms with van der Waals surface area (Å²) in [6.45, 7) is 5.93. The normalized spacial score (nSPS) is 11.3. The molecule has 0 saturated carbocycles. The monoisotopic (exact) mass is 291 g/mol. The van der Waals surface area contributed by atoms with Crippen LogP contribution >= 0.6 is 0 Å². The Labute approximate surface area is 124 Å². The minimum absolute atomic E-state index is 0.0244. The molecular weight excluding hydrogens is 270 g/mol. The molecule has 0 aliphatic rings. The van der Waals surface area contributed by atoms with E-state index in [1.54, 1.807) is 13.1 Å². The summed E-state index contributed by atoms with van der Waals surface area (Å²) >= 11 is 0. The molecule has 0 fully saturated rings. The maximum Gasteiger partial charge on any atom is 0.313 e. The number of allylic oxidation sites excluding steroid dienone is 1. The lowest BCUT2D eigenvalue weighted by molar-refractivity contribution is -0.145. The highest BCUT2D eigenvalue weighted by Crippen LogP contribution is 2.08. The lowest BCUT2D eigenvalue weighted by atomic mass is 10.2. The van der Waals surface area contributed by atoms with Gasteiger partial charge in [-0.05, 0) is 26.3 Å². The first-order valence-electron chi connectivity index (χ1n) is 6.90. The molecule has 2 N–H and O–H groups in total. The zero-order valence-corrected chi connectivity index (χ0v) is 12.7. The number of aryl methyl sites for hydroxylation is 2. The Bertz CT molecular complexity index is 553. The van der Waals surface area contributed by atoms with Crippen LogP contribution in [0.25, 0.3) is 6.08 Å². The van der Waals surface area contributed by atoms with Crippen molar-refractivity contribution in [2.75, 3.05) is 6.61 Å². The molecule has 0 amide bonds. The molecule has 0 bridgehead atoms. The number of unbranched alkanes of at least 4 members (excludes halogenated alkanes) is 1. The Hall–Kier alpha value is -2.24. The Morgan fingerprint density at radius 3 is 2.71 bits per heavy atom. The van der Waals surface area contributed by atoms with E-state index in [2.05, 4.69) is 9.97 Å². The maximum atomic E-state index is 11.8. The smallest absolute Gasteiger partial charge is 0.313 e. The fourth-order valence-corrected chi connectivity index (χ4v) is 1.59. The van der Waals surface area contributed by atoms with Crippen molar-refractivity contribution in [3.05, 3.63) is 29.0 Å². The number of ketones is 1. The van der Waals surface area contributed by atoms with Crippen molar-refractivity contribution < 1.29 is 14.3 Å². The SMILES string of the molecule is CCCCOC(=O)CC(=O)/C(N)=C/c1ncc(C)nc1C. The van der Waals surface area contributed by atoms with E-state index in [0.717, 1.165) is 18.5 Å². The van der Waals surface area contributed by atoms with E-state index in [1.807, 2.05) is 13.8 Å². The summed E-state index contributed by atoms with van der Waals surface area (Å²) in [5.74, 6) is -1.03. The molecule has 1 heterocycles. The van der Waals surface area contributed by atoms with Crippen LogP contribution in [0.15, 0.2) is 11.9 Å². The largest absolute Gasteiger partial charge is 0.465 e. The van der Waals surface area contributed by atoms with Crippen molar-refractivity contribution in [2.24, 2.45) is 5.73 Å². The van der Waals surface area contributed by atoms with Gasteiger partial charge in [0.2, 0.25) is 0 Å². The van der Waals surface area contributed by atoms with Crippen molar-refractivity contribution >= 4 is 17.8 Å². The van der Waals surface area contributed by atoms with Crippen molar-refractivity contribution in [3.63, 3.8) is 0 Å². The predicted octanol–water partition coefficient (Wildman–Crippen LogP) is 1.70. The number of carbonyl (C=O) groups excluding carboxylic acids is 2. The van der Waals surface area contributed by atoms with Crippen molar-refractivity contribution in [1.29, 1.82) is 0 Å². The second-order valence-electron chi connectivity index (χ2n) is 4.76. The van der Waals surface area contributed by atoms with Crippen LogP contribution in [0.5, 0.6) is 0 Å². The highest BCUT2D eigenvalue weighted by Gasteiger charge is 2.14. The molecule has 0 aliphatic carbocycles. The number of Topliss-reactive ketones (excluding diaryl/α,β-unsaturated/α-hetero) is 1. The van der Waals surface area contributed by atoms with Gasteiger partial charge in [-0.1, -0.05) is 13.3 Å². The number of aromatic nitrogens is 2. The van der Waals surface area contributed by atoms with Gasteiger partial charge >= 0.3 is 5.97 Å². The Morgan fingerprint density at radius 2 is 2.10 bits per heavy atom. The molecule has 114 valence electrons. The van der Waals surface area contributed by atoms with Crippen LogP contribution in [0.2, 0.25) is 0 Å². The van der Waals surface area contributed by atoms with E-state index in [4.69, 9.17) is 10.5 Å². The molecule has 0 radical (unpaired) electrons. The van der Waals surface area contributed by atoms with Crippen LogP contribution in [0.3, 0.4) is 0 Å². The van der Waals surface area contributed by atoms with Crippen LogP contribution in [-0.4, -0.2) is 28.3 Å². The van der Waals surface area contributed by atoms with Gasteiger partial charge < -0.3 is 10.5 Å². The third-order valence-electron chi connectivity index (χ3n) is 2.79. The van der Waals surface area contributed by atoms with E-state index < -0.39 is 11.8 Å². The molecule has 6 nitrogen and oxygen atoms in total. The molecule has 1 aromatic heterocycles. The molecule has 1 rings (SSSR count). The summed E-state index contributed by atoms with van der Waals surface area (Å²) in [5, 5.41) is 0. The summed E-state index contributed by atoms with van der Waals surface area (Å²) < 4.78 is 4.92. The van der Waals surface area contributed by atoms with E-state index in [0.29, 0.717) is 18.0 Å². The molecule has 0 atom stereocenters. The Morgan fingerprint density at radius 1 is 1.38 bits per heavy atom. The number of nitrogens with two attached hydrogens (primary N) is 1. The number of ether oxygens (including phenoxy) is 1. The predicted molar refractivity (Wildman–Crippen MR) is 79.2 cm³/mol. The summed E-state index contributed by atoms with van der Waals surface area (Å²) in [4.78, 5) is 31.7. The summed E-state index contributed by atoms with van der Waals surface area (Å²) in [6, 6.07) is 0.